The second-order valence-corrected chi connectivity index (χ2v) is 2.93. The SMILES string of the molecule is CN(C)Oc1ccc(C(F)(F)F)cc1. The Labute approximate surface area is 79.9 Å². The molecule has 0 unspecified atom stereocenters. The van der Waals surface area contributed by atoms with Crippen LogP contribution in [-0.2, 0) is 6.18 Å². The van der Waals surface area contributed by atoms with E-state index < -0.39 is 11.7 Å². The van der Waals surface area contributed by atoms with Gasteiger partial charge in [-0.1, -0.05) is 0 Å². The zero-order valence-electron chi connectivity index (χ0n) is 7.80. The molecule has 0 heterocycles. The number of benzene rings is 1. The van der Waals surface area contributed by atoms with Crippen LogP contribution in [0, 0.1) is 0 Å². The average Bonchev–Trinajstić information content (AvgIpc) is 2.02. The minimum atomic E-state index is -4.29. The van der Waals surface area contributed by atoms with E-state index in [1.807, 2.05) is 0 Å². The lowest BCUT2D eigenvalue weighted by atomic mass is 10.2. The van der Waals surface area contributed by atoms with E-state index in [0.717, 1.165) is 12.1 Å². The first-order chi connectivity index (χ1) is 6.39. The Balaban J connectivity index is 2.79. The van der Waals surface area contributed by atoms with Gasteiger partial charge >= 0.3 is 6.18 Å². The van der Waals surface area contributed by atoms with Crippen molar-refractivity contribution in [1.82, 2.24) is 5.06 Å². The Kier molecular flexibility index (Phi) is 3.00. The van der Waals surface area contributed by atoms with Gasteiger partial charge < -0.3 is 4.84 Å². The van der Waals surface area contributed by atoms with Gasteiger partial charge in [-0.25, -0.2) is 0 Å². The van der Waals surface area contributed by atoms with Crippen molar-refractivity contribution in [3.05, 3.63) is 29.8 Å². The van der Waals surface area contributed by atoms with Gasteiger partial charge in [0.1, 0.15) is 5.75 Å². The molecule has 0 amide bonds. The van der Waals surface area contributed by atoms with Crippen molar-refractivity contribution in [3.63, 3.8) is 0 Å². The average molecular weight is 205 g/mol. The monoisotopic (exact) mass is 205 g/mol. The number of hydrogen-bond donors (Lipinski definition) is 0. The molecule has 78 valence electrons. The van der Waals surface area contributed by atoms with E-state index in [1.165, 1.54) is 17.2 Å². The highest BCUT2D eigenvalue weighted by molar-refractivity contribution is 5.28. The summed E-state index contributed by atoms with van der Waals surface area (Å²) in [5.41, 5.74) is -0.677. The van der Waals surface area contributed by atoms with Gasteiger partial charge in [-0.15, -0.1) is 0 Å². The Hall–Kier alpha value is -1.23. The van der Waals surface area contributed by atoms with Crippen LogP contribution in [0.15, 0.2) is 24.3 Å². The van der Waals surface area contributed by atoms with E-state index >= 15 is 0 Å². The fourth-order valence-corrected chi connectivity index (χ4v) is 0.916. The number of hydrogen-bond acceptors (Lipinski definition) is 2. The molecule has 14 heavy (non-hydrogen) atoms. The van der Waals surface area contributed by atoms with Crippen molar-refractivity contribution >= 4 is 0 Å². The second-order valence-electron chi connectivity index (χ2n) is 2.93. The zero-order chi connectivity index (χ0) is 10.8. The highest BCUT2D eigenvalue weighted by Crippen LogP contribution is 2.30. The number of nitrogens with zero attached hydrogens (tertiary/aromatic N) is 1. The summed E-state index contributed by atoms with van der Waals surface area (Å²) in [6, 6.07) is 4.53. The van der Waals surface area contributed by atoms with Gasteiger partial charge in [-0.3, -0.25) is 0 Å². The Morgan fingerprint density at radius 3 is 1.93 bits per heavy atom. The quantitative estimate of drug-likeness (QED) is 0.688. The maximum Gasteiger partial charge on any atom is 0.416 e. The van der Waals surface area contributed by atoms with Crippen LogP contribution in [0.2, 0.25) is 0 Å². The van der Waals surface area contributed by atoms with Gasteiger partial charge in [0.2, 0.25) is 0 Å². The van der Waals surface area contributed by atoms with Crippen molar-refractivity contribution in [2.75, 3.05) is 14.1 Å². The van der Waals surface area contributed by atoms with E-state index in [2.05, 4.69) is 0 Å². The maximum absolute atomic E-state index is 12.1. The molecule has 0 atom stereocenters. The van der Waals surface area contributed by atoms with Crippen LogP contribution in [0.1, 0.15) is 5.56 Å². The molecule has 0 aliphatic rings. The molecular formula is C9H10F3NO. The lowest BCUT2D eigenvalue weighted by Gasteiger charge is -2.12. The highest BCUT2D eigenvalue weighted by atomic mass is 19.4. The van der Waals surface area contributed by atoms with Crippen LogP contribution in [-0.4, -0.2) is 19.2 Å². The molecule has 1 aromatic rings. The van der Waals surface area contributed by atoms with Gasteiger partial charge in [-0.2, -0.15) is 18.2 Å². The standard InChI is InChI=1S/C9H10F3NO/c1-13(2)14-8-5-3-7(4-6-8)9(10,11)12/h3-6H,1-2H3. The molecule has 0 bridgehead atoms. The molecule has 1 rings (SSSR count). The van der Waals surface area contributed by atoms with Gasteiger partial charge in [0.05, 0.1) is 5.56 Å². The van der Waals surface area contributed by atoms with Crippen LogP contribution in [0.4, 0.5) is 13.2 Å². The lowest BCUT2D eigenvalue weighted by Crippen LogP contribution is -2.16. The molecule has 0 N–H and O–H groups in total. The molecule has 0 fully saturated rings. The molecule has 0 aromatic heterocycles. The molecule has 0 saturated heterocycles. The summed E-state index contributed by atoms with van der Waals surface area (Å²) in [7, 11) is 3.30. The highest BCUT2D eigenvalue weighted by Gasteiger charge is 2.29. The van der Waals surface area contributed by atoms with Crippen LogP contribution < -0.4 is 4.84 Å². The molecule has 0 aliphatic heterocycles. The van der Waals surface area contributed by atoms with Crippen LogP contribution in [0.5, 0.6) is 5.75 Å². The third-order valence-corrected chi connectivity index (χ3v) is 1.47. The van der Waals surface area contributed by atoms with Crippen molar-refractivity contribution in [3.8, 4) is 5.75 Å². The lowest BCUT2D eigenvalue weighted by molar-refractivity contribution is -0.137. The summed E-state index contributed by atoms with van der Waals surface area (Å²) in [6.07, 6.45) is -4.29. The van der Waals surface area contributed by atoms with E-state index in [4.69, 9.17) is 4.84 Å². The van der Waals surface area contributed by atoms with Gasteiger partial charge in [0.15, 0.2) is 0 Å². The van der Waals surface area contributed by atoms with Crippen LogP contribution in [0.25, 0.3) is 0 Å². The van der Waals surface area contributed by atoms with Crippen molar-refractivity contribution in [2.45, 2.75) is 6.18 Å². The van der Waals surface area contributed by atoms with Crippen molar-refractivity contribution in [1.29, 1.82) is 0 Å². The predicted octanol–water partition coefficient (Wildman–Crippen LogP) is 2.56. The third-order valence-electron chi connectivity index (χ3n) is 1.47. The fourth-order valence-electron chi connectivity index (χ4n) is 0.916. The summed E-state index contributed by atoms with van der Waals surface area (Å²) >= 11 is 0. The smallest absolute Gasteiger partial charge is 0.407 e. The van der Waals surface area contributed by atoms with Crippen LogP contribution in [0.3, 0.4) is 0 Å². The van der Waals surface area contributed by atoms with Gasteiger partial charge in [0, 0.05) is 14.1 Å². The minimum Gasteiger partial charge on any atom is -0.407 e. The summed E-state index contributed by atoms with van der Waals surface area (Å²) in [6.45, 7) is 0. The number of halogens is 3. The number of hydroxylamine groups is 2. The third kappa shape index (κ3) is 2.92. The molecule has 2 nitrogen and oxygen atoms in total. The largest absolute Gasteiger partial charge is 0.416 e. The minimum absolute atomic E-state index is 0.378. The first kappa shape index (κ1) is 10.8. The normalized spacial score (nSPS) is 11.9. The van der Waals surface area contributed by atoms with E-state index in [-0.39, 0.29) is 0 Å². The molecule has 0 spiro atoms. The molecule has 0 radical (unpaired) electrons. The maximum atomic E-state index is 12.1. The Morgan fingerprint density at radius 1 is 1.07 bits per heavy atom. The Morgan fingerprint density at radius 2 is 1.57 bits per heavy atom. The van der Waals surface area contributed by atoms with E-state index in [0.29, 0.717) is 5.75 Å². The zero-order valence-corrected chi connectivity index (χ0v) is 7.80. The summed E-state index contributed by atoms with van der Waals surface area (Å²) in [5, 5.41) is 1.41. The van der Waals surface area contributed by atoms with Crippen molar-refractivity contribution in [2.24, 2.45) is 0 Å². The molecule has 5 heteroatoms. The molecule has 0 aliphatic carbocycles. The first-order valence-corrected chi connectivity index (χ1v) is 3.92. The molecule has 1 aromatic carbocycles. The fraction of sp³-hybridized carbons (Fsp3) is 0.333. The van der Waals surface area contributed by atoms with Crippen molar-refractivity contribution < 1.29 is 18.0 Å². The van der Waals surface area contributed by atoms with Crippen LogP contribution >= 0.6 is 0 Å². The second kappa shape index (κ2) is 3.88. The summed E-state index contributed by atoms with van der Waals surface area (Å²) in [5.74, 6) is 0.378. The molecular weight excluding hydrogens is 195 g/mol. The predicted molar refractivity (Wildman–Crippen MR) is 45.8 cm³/mol. The number of alkyl halides is 3. The summed E-state index contributed by atoms with van der Waals surface area (Å²) < 4.78 is 36.4. The van der Waals surface area contributed by atoms with Gasteiger partial charge in [0.25, 0.3) is 0 Å². The first-order valence-electron chi connectivity index (χ1n) is 3.92. The topological polar surface area (TPSA) is 12.5 Å². The van der Waals surface area contributed by atoms with E-state index in [1.54, 1.807) is 14.1 Å². The van der Waals surface area contributed by atoms with E-state index in [9.17, 15) is 13.2 Å². The Bertz CT molecular complexity index is 292. The number of rotatable bonds is 2. The molecule has 0 saturated carbocycles. The summed E-state index contributed by atoms with van der Waals surface area (Å²) in [4.78, 5) is 5.05. The van der Waals surface area contributed by atoms with Gasteiger partial charge in [-0.05, 0) is 24.3 Å².